The zero-order valence-corrected chi connectivity index (χ0v) is 13.9. The summed E-state index contributed by atoms with van der Waals surface area (Å²) in [4.78, 5) is 12.5. The van der Waals surface area contributed by atoms with E-state index in [1.807, 2.05) is 0 Å². The molecule has 1 aliphatic rings. The molecular formula is C17H17FN2O3S. The molecule has 1 saturated heterocycles. The molecule has 2 aromatic rings. The van der Waals surface area contributed by atoms with Crippen molar-refractivity contribution < 1.29 is 17.6 Å². The number of benzene rings is 2. The lowest BCUT2D eigenvalue weighted by Crippen LogP contribution is -2.52. The van der Waals surface area contributed by atoms with Crippen molar-refractivity contribution in [3.05, 3.63) is 65.5 Å². The fourth-order valence-corrected chi connectivity index (χ4v) is 4.46. The minimum Gasteiger partial charge on any atom is -0.353 e. The molecule has 1 fully saturated rings. The van der Waals surface area contributed by atoms with Crippen LogP contribution in [0.5, 0.6) is 0 Å². The molecule has 0 spiro atoms. The average molecular weight is 348 g/mol. The minimum atomic E-state index is -3.85. The largest absolute Gasteiger partial charge is 0.353 e. The van der Waals surface area contributed by atoms with E-state index in [9.17, 15) is 17.6 Å². The molecule has 24 heavy (non-hydrogen) atoms. The van der Waals surface area contributed by atoms with Gasteiger partial charge in [-0.1, -0.05) is 24.3 Å². The molecule has 0 bridgehead atoms. The highest BCUT2D eigenvalue weighted by atomic mass is 32.2. The lowest BCUT2D eigenvalue weighted by molar-refractivity contribution is -0.126. The molecule has 126 valence electrons. The third kappa shape index (κ3) is 3.05. The van der Waals surface area contributed by atoms with E-state index in [4.69, 9.17) is 0 Å². The second kappa shape index (κ2) is 6.33. The number of aryl methyl sites for hydroxylation is 1. The number of piperazine rings is 1. The Morgan fingerprint density at radius 3 is 2.54 bits per heavy atom. The summed E-state index contributed by atoms with van der Waals surface area (Å²) in [5, 5.41) is 2.67. The van der Waals surface area contributed by atoms with Gasteiger partial charge in [0.1, 0.15) is 11.9 Å². The smallest absolute Gasteiger partial charge is 0.244 e. The maximum absolute atomic E-state index is 13.2. The summed E-state index contributed by atoms with van der Waals surface area (Å²) in [6.07, 6.45) is 0. The van der Waals surface area contributed by atoms with Gasteiger partial charge in [-0.3, -0.25) is 4.79 Å². The highest BCUT2D eigenvalue weighted by Crippen LogP contribution is 2.30. The van der Waals surface area contributed by atoms with E-state index in [-0.39, 0.29) is 18.0 Å². The first-order chi connectivity index (χ1) is 11.4. The Balaban J connectivity index is 2.06. The second-order valence-corrected chi connectivity index (χ2v) is 7.57. The number of amides is 1. The first-order valence-corrected chi connectivity index (χ1v) is 8.95. The van der Waals surface area contributed by atoms with Crippen molar-refractivity contribution >= 4 is 15.9 Å². The number of nitrogens with one attached hydrogen (secondary N) is 1. The Bertz CT molecular complexity index is 866. The van der Waals surface area contributed by atoms with Gasteiger partial charge in [-0.25, -0.2) is 12.8 Å². The normalized spacial score (nSPS) is 19.1. The van der Waals surface area contributed by atoms with Crippen molar-refractivity contribution in [2.24, 2.45) is 0 Å². The SMILES string of the molecule is Cc1cccc(S(=O)(=O)N2CCNC(=O)C2c2ccc(F)cc2)c1. The van der Waals surface area contributed by atoms with Gasteiger partial charge >= 0.3 is 0 Å². The summed E-state index contributed by atoms with van der Waals surface area (Å²) >= 11 is 0. The Labute approximate surface area is 140 Å². The van der Waals surface area contributed by atoms with Crippen LogP contribution in [-0.2, 0) is 14.8 Å². The molecule has 1 atom stereocenters. The molecule has 0 saturated carbocycles. The van der Waals surface area contributed by atoms with Crippen molar-refractivity contribution in [3.63, 3.8) is 0 Å². The van der Waals surface area contributed by atoms with Crippen molar-refractivity contribution in [1.82, 2.24) is 9.62 Å². The maximum Gasteiger partial charge on any atom is 0.244 e. The van der Waals surface area contributed by atoms with E-state index in [2.05, 4.69) is 5.32 Å². The number of carbonyl (C=O) groups is 1. The van der Waals surface area contributed by atoms with Gasteiger partial charge in [-0.2, -0.15) is 4.31 Å². The van der Waals surface area contributed by atoms with Crippen LogP contribution in [0, 0.1) is 12.7 Å². The summed E-state index contributed by atoms with van der Waals surface area (Å²) in [5.41, 5.74) is 1.25. The molecule has 1 unspecified atom stereocenters. The predicted molar refractivity (Wildman–Crippen MR) is 87.2 cm³/mol. The van der Waals surface area contributed by atoms with E-state index in [1.165, 1.54) is 34.6 Å². The molecule has 5 nitrogen and oxygen atoms in total. The number of sulfonamides is 1. The highest BCUT2D eigenvalue weighted by Gasteiger charge is 2.39. The predicted octanol–water partition coefficient (Wildman–Crippen LogP) is 2.00. The summed E-state index contributed by atoms with van der Waals surface area (Å²) in [6.45, 7) is 2.20. The van der Waals surface area contributed by atoms with Crippen molar-refractivity contribution in [2.45, 2.75) is 17.9 Å². The fourth-order valence-electron chi connectivity index (χ4n) is 2.78. The summed E-state index contributed by atoms with van der Waals surface area (Å²) in [5.74, 6) is -0.854. The second-order valence-electron chi connectivity index (χ2n) is 5.68. The van der Waals surface area contributed by atoms with Crippen molar-refractivity contribution in [3.8, 4) is 0 Å². The van der Waals surface area contributed by atoms with Gasteiger partial charge in [0.15, 0.2) is 0 Å². The van der Waals surface area contributed by atoms with Crippen molar-refractivity contribution in [1.29, 1.82) is 0 Å². The highest BCUT2D eigenvalue weighted by molar-refractivity contribution is 7.89. The van der Waals surface area contributed by atoms with E-state index in [0.29, 0.717) is 5.56 Å². The maximum atomic E-state index is 13.2. The van der Waals surface area contributed by atoms with E-state index in [1.54, 1.807) is 25.1 Å². The first kappa shape index (κ1) is 16.6. The molecule has 0 radical (unpaired) electrons. The van der Waals surface area contributed by atoms with E-state index >= 15 is 0 Å². The topological polar surface area (TPSA) is 66.5 Å². The van der Waals surface area contributed by atoms with Gasteiger partial charge in [-0.05, 0) is 42.3 Å². The number of rotatable bonds is 3. The summed E-state index contributed by atoms with van der Waals surface area (Å²) in [7, 11) is -3.85. The zero-order valence-electron chi connectivity index (χ0n) is 13.1. The molecule has 2 aromatic carbocycles. The first-order valence-electron chi connectivity index (χ1n) is 7.51. The van der Waals surface area contributed by atoms with Crippen LogP contribution in [0.4, 0.5) is 4.39 Å². The van der Waals surface area contributed by atoms with E-state index in [0.717, 1.165) is 5.56 Å². The number of halogens is 1. The third-order valence-corrected chi connectivity index (χ3v) is 5.81. The Hall–Kier alpha value is -2.25. The van der Waals surface area contributed by atoms with Crippen LogP contribution in [-0.4, -0.2) is 31.7 Å². The Morgan fingerprint density at radius 2 is 1.88 bits per heavy atom. The molecule has 1 heterocycles. The minimum absolute atomic E-state index is 0.143. The third-order valence-electron chi connectivity index (χ3n) is 3.95. The van der Waals surface area contributed by atoms with Crippen LogP contribution in [0.2, 0.25) is 0 Å². The standard InChI is InChI=1S/C17H17FN2O3S/c1-12-3-2-4-15(11-12)24(22,23)20-10-9-19-17(21)16(20)13-5-7-14(18)8-6-13/h2-8,11,16H,9-10H2,1H3,(H,19,21). The van der Waals surface area contributed by atoms with Gasteiger partial charge < -0.3 is 5.32 Å². The molecule has 7 heteroatoms. The van der Waals surface area contributed by atoms with E-state index < -0.39 is 27.8 Å². The summed E-state index contributed by atoms with van der Waals surface area (Å²) in [6, 6.07) is 10.8. The van der Waals surface area contributed by atoms with Gasteiger partial charge in [0.25, 0.3) is 0 Å². The monoisotopic (exact) mass is 348 g/mol. The quantitative estimate of drug-likeness (QED) is 0.923. The molecule has 0 aliphatic carbocycles. The number of nitrogens with zero attached hydrogens (tertiary/aromatic N) is 1. The molecule has 1 aliphatic heterocycles. The van der Waals surface area contributed by atoms with Crippen LogP contribution in [0.1, 0.15) is 17.2 Å². The fraction of sp³-hybridized carbons (Fsp3) is 0.235. The van der Waals surface area contributed by atoms with Gasteiger partial charge in [0.2, 0.25) is 15.9 Å². The van der Waals surface area contributed by atoms with Crippen LogP contribution in [0.15, 0.2) is 53.4 Å². The van der Waals surface area contributed by atoms with Crippen LogP contribution in [0.3, 0.4) is 0 Å². The molecule has 3 rings (SSSR count). The zero-order chi connectivity index (χ0) is 17.3. The molecular weight excluding hydrogens is 331 g/mol. The van der Waals surface area contributed by atoms with Gasteiger partial charge in [0, 0.05) is 13.1 Å². The molecule has 0 aromatic heterocycles. The Kier molecular flexibility index (Phi) is 4.38. The lowest BCUT2D eigenvalue weighted by Gasteiger charge is -2.34. The Morgan fingerprint density at radius 1 is 1.17 bits per heavy atom. The van der Waals surface area contributed by atoms with Crippen LogP contribution < -0.4 is 5.32 Å². The number of hydrogen-bond donors (Lipinski definition) is 1. The van der Waals surface area contributed by atoms with Crippen LogP contribution >= 0.6 is 0 Å². The van der Waals surface area contributed by atoms with Crippen molar-refractivity contribution in [2.75, 3.05) is 13.1 Å². The number of carbonyl (C=O) groups excluding carboxylic acids is 1. The van der Waals surface area contributed by atoms with Crippen LogP contribution in [0.25, 0.3) is 0 Å². The number of hydrogen-bond acceptors (Lipinski definition) is 3. The van der Waals surface area contributed by atoms with Gasteiger partial charge in [0.05, 0.1) is 4.90 Å². The average Bonchev–Trinajstić information content (AvgIpc) is 2.55. The molecule has 1 N–H and O–H groups in total. The lowest BCUT2D eigenvalue weighted by atomic mass is 10.0. The molecule has 1 amide bonds. The van der Waals surface area contributed by atoms with Gasteiger partial charge in [-0.15, -0.1) is 0 Å². The summed E-state index contributed by atoms with van der Waals surface area (Å²) < 4.78 is 40.3.